The highest BCUT2D eigenvalue weighted by Crippen LogP contribution is 2.05. The van der Waals surface area contributed by atoms with Gasteiger partial charge in [-0.25, -0.2) is 4.79 Å². The summed E-state index contributed by atoms with van der Waals surface area (Å²) in [5.74, 6) is -0.241. The van der Waals surface area contributed by atoms with Gasteiger partial charge in [0.2, 0.25) is 0 Å². The summed E-state index contributed by atoms with van der Waals surface area (Å²) in [6, 6.07) is 0. The van der Waals surface area contributed by atoms with E-state index in [2.05, 4.69) is 22.6 Å². The van der Waals surface area contributed by atoms with E-state index in [1.54, 1.807) is 13.8 Å². The Morgan fingerprint density at radius 2 is 2.08 bits per heavy atom. The second-order valence-electron chi connectivity index (χ2n) is 2.40. The van der Waals surface area contributed by atoms with Crippen LogP contribution in [-0.4, -0.2) is 12.6 Å². The summed E-state index contributed by atoms with van der Waals surface area (Å²) in [5, 5.41) is 0. The van der Waals surface area contributed by atoms with E-state index < -0.39 is 0 Å². The van der Waals surface area contributed by atoms with Crippen LogP contribution >= 0.6 is 22.6 Å². The van der Waals surface area contributed by atoms with Gasteiger partial charge in [-0.1, -0.05) is 22.6 Å². The minimum atomic E-state index is -0.241. The van der Waals surface area contributed by atoms with Gasteiger partial charge in [0, 0.05) is 5.57 Å². The van der Waals surface area contributed by atoms with Crippen LogP contribution in [-0.2, 0) is 9.53 Å². The fraction of sp³-hybridized carbons (Fsp3) is 0.444. The molecule has 68 valence electrons. The SMILES string of the molecule is CCOC(=O)/C(C)=C\C(C)=C/I. The lowest BCUT2D eigenvalue weighted by Crippen LogP contribution is -2.04. The minimum Gasteiger partial charge on any atom is -0.463 e. The maximum Gasteiger partial charge on any atom is 0.333 e. The van der Waals surface area contributed by atoms with E-state index in [0.717, 1.165) is 5.57 Å². The second kappa shape index (κ2) is 6.22. The van der Waals surface area contributed by atoms with Crippen LogP contribution in [0.25, 0.3) is 0 Å². The number of halogens is 1. The molecule has 0 bridgehead atoms. The third-order valence-corrected chi connectivity index (χ3v) is 2.20. The number of hydrogen-bond donors (Lipinski definition) is 0. The zero-order valence-electron chi connectivity index (χ0n) is 7.56. The number of rotatable bonds is 3. The molecule has 0 aromatic rings. The van der Waals surface area contributed by atoms with Gasteiger partial charge >= 0.3 is 5.97 Å². The molecule has 0 unspecified atom stereocenters. The largest absolute Gasteiger partial charge is 0.463 e. The van der Waals surface area contributed by atoms with Crippen LogP contribution in [0.15, 0.2) is 21.3 Å². The van der Waals surface area contributed by atoms with Gasteiger partial charge in [0.05, 0.1) is 6.61 Å². The zero-order valence-corrected chi connectivity index (χ0v) is 9.71. The van der Waals surface area contributed by atoms with Crippen LogP contribution in [0.2, 0.25) is 0 Å². The van der Waals surface area contributed by atoms with Crippen LogP contribution < -0.4 is 0 Å². The molecule has 0 heterocycles. The molecule has 0 radical (unpaired) electrons. The van der Waals surface area contributed by atoms with Gasteiger partial charge in [0.1, 0.15) is 0 Å². The molecule has 0 atom stereocenters. The van der Waals surface area contributed by atoms with E-state index in [-0.39, 0.29) is 5.97 Å². The lowest BCUT2D eigenvalue weighted by Gasteiger charge is -2.00. The van der Waals surface area contributed by atoms with Crippen LogP contribution in [0, 0.1) is 0 Å². The predicted octanol–water partition coefficient (Wildman–Crippen LogP) is 2.83. The lowest BCUT2D eigenvalue weighted by molar-refractivity contribution is -0.138. The van der Waals surface area contributed by atoms with Gasteiger partial charge < -0.3 is 4.74 Å². The first kappa shape index (κ1) is 11.7. The Balaban J connectivity index is 4.27. The lowest BCUT2D eigenvalue weighted by atomic mass is 10.2. The van der Waals surface area contributed by atoms with Crippen LogP contribution in [0.4, 0.5) is 0 Å². The molecule has 0 saturated carbocycles. The molecule has 0 aliphatic rings. The molecule has 0 aliphatic heterocycles. The third kappa shape index (κ3) is 4.54. The average Bonchev–Trinajstić information content (AvgIpc) is 2.04. The molecule has 0 aliphatic carbocycles. The monoisotopic (exact) mass is 280 g/mol. The van der Waals surface area contributed by atoms with Crippen molar-refractivity contribution >= 4 is 28.6 Å². The standard InChI is InChI=1S/C9H13IO2/c1-4-12-9(11)8(3)5-7(2)6-10/h5-6H,4H2,1-3H3/b7-6-,8-5-. The first-order chi connectivity index (χ1) is 5.61. The minimum absolute atomic E-state index is 0.241. The second-order valence-corrected chi connectivity index (χ2v) is 3.02. The molecule has 0 aromatic heterocycles. The number of carbonyl (C=O) groups excluding carboxylic acids is 1. The average molecular weight is 280 g/mol. The molecule has 0 saturated heterocycles. The summed E-state index contributed by atoms with van der Waals surface area (Å²) < 4.78 is 6.73. The Bertz CT molecular complexity index is 217. The highest BCUT2D eigenvalue weighted by atomic mass is 127. The van der Waals surface area contributed by atoms with Crippen molar-refractivity contribution < 1.29 is 9.53 Å². The number of carbonyl (C=O) groups is 1. The summed E-state index contributed by atoms with van der Waals surface area (Å²) in [6.07, 6.45) is 1.81. The molecule has 2 nitrogen and oxygen atoms in total. The van der Waals surface area contributed by atoms with Crippen molar-refractivity contribution in [2.75, 3.05) is 6.61 Å². The van der Waals surface area contributed by atoms with Crippen molar-refractivity contribution in [3.63, 3.8) is 0 Å². The van der Waals surface area contributed by atoms with Gasteiger partial charge in [-0.3, -0.25) is 0 Å². The maximum atomic E-state index is 11.1. The van der Waals surface area contributed by atoms with Crippen LogP contribution in [0.3, 0.4) is 0 Å². The molecule has 0 N–H and O–H groups in total. The Morgan fingerprint density at radius 3 is 2.50 bits per heavy atom. The first-order valence-electron chi connectivity index (χ1n) is 3.74. The summed E-state index contributed by atoms with van der Waals surface area (Å²) >= 11 is 2.13. The molecule has 0 rings (SSSR count). The number of ether oxygens (including phenoxy) is 1. The summed E-state index contributed by atoms with van der Waals surface area (Å²) in [7, 11) is 0. The van der Waals surface area contributed by atoms with Crippen LogP contribution in [0.1, 0.15) is 20.8 Å². The topological polar surface area (TPSA) is 26.3 Å². The summed E-state index contributed by atoms with van der Waals surface area (Å²) in [5.41, 5.74) is 1.70. The Labute approximate surface area is 86.8 Å². The van der Waals surface area contributed by atoms with E-state index in [1.807, 2.05) is 17.1 Å². The van der Waals surface area contributed by atoms with E-state index >= 15 is 0 Å². The normalized spacial score (nSPS) is 13.0. The van der Waals surface area contributed by atoms with Gasteiger partial charge in [0.25, 0.3) is 0 Å². The van der Waals surface area contributed by atoms with E-state index in [0.29, 0.717) is 12.2 Å². The Morgan fingerprint density at radius 1 is 1.50 bits per heavy atom. The molecule has 0 fully saturated rings. The maximum absolute atomic E-state index is 11.1. The molecule has 0 amide bonds. The summed E-state index contributed by atoms with van der Waals surface area (Å²) in [6.45, 7) is 5.92. The smallest absolute Gasteiger partial charge is 0.333 e. The van der Waals surface area contributed by atoms with E-state index in [4.69, 9.17) is 4.74 Å². The first-order valence-corrected chi connectivity index (χ1v) is 4.98. The Kier molecular flexibility index (Phi) is 6.06. The van der Waals surface area contributed by atoms with Crippen molar-refractivity contribution in [2.45, 2.75) is 20.8 Å². The van der Waals surface area contributed by atoms with Gasteiger partial charge in [-0.2, -0.15) is 0 Å². The molecule has 0 spiro atoms. The zero-order chi connectivity index (χ0) is 9.56. The van der Waals surface area contributed by atoms with Crippen molar-refractivity contribution in [3.05, 3.63) is 21.3 Å². The third-order valence-electron chi connectivity index (χ3n) is 1.21. The van der Waals surface area contributed by atoms with Crippen molar-refractivity contribution in [3.8, 4) is 0 Å². The fourth-order valence-electron chi connectivity index (χ4n) is 0.677. The van der Waals surface area contributed by atoms with E-state index in [9.17, 15) is 4.79 Å². The van der Waals surface area contributed by atoms with E-state index in [1.165, 1.54) is 0 Å². The van der Waals surface area contributed by atoms with Crippen molar-refractivity contribution in [1.82, 2.24) is 0 Å². The number of hydrogen-bond acceptors (Lipinski definition) is 2. The molecule has 12 heavy (non-hydrogen) atoms. The van der Waals surface area contributed by atoms with Gasteiger partial charge in [0.15, 0.2) is 0 Å². The number of allylic oxidation sites excluding steroid dienone is 2. The predicted molar refractivity (Wildman–Crippen MR) is 58.2 cm³/mol. The van der Waals surface area contributed by atoms with Crippen molar-refractivity contribution in [1.29, 1.82) is 0 Å². The fourth-order valence-corrected chi connectivity index (χ4v) is 0.857. The molecular formula is C9H13IO2. The highest BCUT2D eigenvalue weighted by molar-refractivity contribution is 14.1. The summed E-state index contributed by atoms with van der Waals surface area (Å²) in [4.78, 5) is 11.1. The molecule has 3 heteroatoms. The molecular weight excluding hydrogens is 267 g/mol. The number of esters is 1. The Hall–Kier alpha value is -0.320. The van der Waals surface area contributed by atoms with Gasteiger partial charge in [-0.15, -0.1) is 0 Å². The highest BCUT2D eigenvalue weighted by Gasteiger charge is 2.02. The molecule has 0 aromatic carbocycles. The van der Waals surface area contributed by atoms with Gasteiger partial charge in [-0.05, 0) is 36.5 Å². The van der Waals surface area contributed by atoms with Crippen molar-refractivity contribution in [2.24, 2.45) is 0 Å². The van der Waals surface area contributed by atoms with Crippen LogP contribution in [0.5, 0.6) is 0 Å². The quantitative estimate of drug-likeness (QED) is 0.344.